The summed E-state index contributed by atoms with van der Waals surface area (Å²) in [5.41, 5.74) is 9.55. The van der Waals surface area contributed by atoms with Crippen molar-refractivity contribution in [3.05, 3.63) is 36.0 Å². The van der Waals surface area contributed by atoms with Crippen molar-refractivity contribution in [1.29, 1.82) is 0 Å². The van der Waals surface area contributed by atoms with Gasteiger partial charge < -0.3 is 15.9 Å². The molecular weight excluding hydrogens is 190 g/mol. The highest BCUT2D eigenvalue weighted by Crippen LogP contribution is 2.16. The van der Waals surface area contributed by atoms with Crippen LogP contribution in [0, 0.1) is 0 Å². The molecule has 0 aromatic heterocycles. The standard InChI is InChI=1S/C11H17N3O/c1-2-7-15-10-5-3-9(4-6-10)11(8-12)14-13/h3-6,8,14H,2,7,12-13H2,1H3/b11-8-. The van der Waals surface area contributed by atoms with E-state index in [9.17, 15) is 0 Å². The van der Waals surface area contributed by atoms with E-state index in [1.807, 2.05) is 24.3 Å². The minimum atomic E-state index is 0.692. The third-order valence-electron chi connectivity index (χ3n) is 1.96. The fourth-order valence-electron chi connectivity index (χ4n) is 1.18. The van der Waals surface area contributed by atoms with Crippen molar-refractivity contribution in [3.8, 4) is 5.75 Å². The number of nitrogens with one attached hydrogen (secondary N) is 1. The fourth-order valence-corrected chi connectivity index (χ4v) is 1.18. The third-order valence-corrected chi connectivity index (χ3v) is 1.96. The van der Waals surface area contributed by atoms with Gasteiger partial charge in [0.2, 0.25) is 0 Å². The minimum Gasteiger partial charge on any atom is -0.494 e. The van der Waals surface area contributed by atoms with Gasteiger partial charge in [0, 0.05) is 11.8 Å². The van der Waals surface area contributed by atoms with Crippen LogP contribution in [-0.2, 0) is 0 Å². The predicted molar refractivity (Wildman–Crippen MR) is 61.7 cm³/mol. The Kier molecular flexibility index (Phi) is 4.50. The van der Waals surface area contributed by atoms with Crippen LogP contribution >= 0.6 is 0 Å². The van der Waals surface area contributed by atoms with E-state index in [0.29, 0.717) is 5.70 Å². The van der Waals surface area contributed by atoms with Gasteiger partial charge in [-0.25, -0.2) is 0 Å². The quantitative estimate of drug-likeness (QED) is 0.501. The minimum absolute atomic E-state index is 0.692. The van der Waals surface area contributed by atoms with Crippen molar-refractivity contribution in [2.45, 2.75) is 13.3 Å². The maximum absolute atomic E-state index is 5.45. The number of nitrogens with two attached hydrogens (primary N) is 2. The van der Waals surface area contributed by atoms with Crippen molar-refractivity contribution >= 4 is 5.70 Å². The molecule has 0 aliphatic heterocycles. The second-order valence-corrected chi connectivity index (χ2v) is 3.10. The molecule has 0 aliphatic carbocycles. The summed E-state index contributed by atoms with van der Waals surface area (Å²) in [4.78, 5) is 0. The smallest absolute Gasteiger partial charge is 0.119 e. The Morgan fingerprint density at radius 1 is 1.40 bits per heavy atom. The molecule has 0 heterocycles. The summed E-state index contributed by atoms with van der Waals surface area (Å²) in [6.07, 6.45) is 2.43. The molecule has 0 saturated carbocycles. The molecule has 0 bridgehead atoms. The van der Waals surface area contributed by atoms with Gasteiger partial charge in [0.05, 0.1) is 12.3 Å². The van der Waals surface area contributed by atoms with Crippen molar-refractivity contribution in [1.82, 2.24) is 5.43 Å². The molecule has 82 valence electrons. The van der Waals surface area contributed by atoms with Gasteiger partial charge in [-0.1, -0.05) is 6.92 Å². The summed E-state index contributed by atoms with van der Waals surface area (Å²) in [7, 11) is 0. The third kappa shape index (κ3) is 3.18. The molecule has 1 rings (SSSR count). The van der Waals surface area contributed by atoms with Gasteiger partial charge in [-0.15, -0.1) is 0 Å². The number of hydrogen-bond acceptors (Lipinski definition) is 4. The summed E-state index contributed by atoms with van der Waals surface area (Å²) < 4.78 is 5.45. The van der Waals surface area contributed by atoms with Crippen LogP contribution in [0.2, 0.25) is 0 Å². The summed E-state index contributed by atoms with van der Waals surface area (Å²) in [6.45, 7) is 2.80. The Bertz CT molecular complexity index is 319. The molecule has 0 amide bonds. The van der Waals surface area contributed by atoms with E-state index in [0.717, 1.165) is 24.3 Å². The van der Waals surface area contributed by atoms with Gasteiger partial charge in [-0.3, -0.25) is 5.84 Å². The molecule has 0 spiro atoms. The maximum atomic E-state index is 5.45. The first-order chi connectivity index (χ1) is 7.31. The molecule has 4 heteroatoms. The van der Waals surface area contributed by atoms with Crippen LogP contribution < -0.4 is 21.7 Å². The van der Waals surface area contributed by atoms with Crippen LogP contribution in [0.15, 0.2) is 30.5 Å². The summed E-state index contributed by atoms with van der Waals surface area (Å²) in [5, 5.41) is 0. The molecule has 5 N–H and O–H groups in total. The topological polar surface area (TPSA) is 73.3 Å². The van der Waals surface area contributed by atoms with Gasteiger partial charge in [0.25, 0.3) is 0 Å². The molecule has 4 nitrogen and oxygen atoms in total. The van der Waals surface area contributed by atoms with Crippen molar-refractivity contribution in [2.24, 2.45) is 11.6 Å². The van der Waals surface area contributed by atoms with Crippen molar-refractivity contribution in [2.75, 3.05) is 6.61 Å². The zero-order valence-corrected chi connectivity index (χ0v) is 8.86. The molecule has 0 radical (unpaired) electrons. The van der Waals surface area contributed by atoms with E-state index in [4.69, 9.17) is 16.3 Å². The Morgan fingerprint density at radius 2 is 2.07 bits per heavy atom. The molecule has 1 aromatic carbocycles. The van der Waals surface area contributed by atoms with Crippen LogP contribution in [0.1, 0.15) is 18.9 Å². The number of ether oxygens (including phenoxy) is 1. The average molecular weight is 207 g/mol. The van der Waals surface area contributed by atoms with E-state index in [1.54, 1.807) is 0 Å². The summed E-state index contributed by atoms with van der Waals surface area (Å²) >= 11 is 0. The molecule has 0 aliphatic rings. The van der Waals surface area contributed by atoms with Crippen LogP contribution in [0.25, 0.3) is 5.70 Å². The number of rotatable bonds is 5. The predicted octanol–water partition coefficient (Wildman–Crippen LogP) is 1.20. The van der Waals surface area contributed by atoms with Crippen LogP contribution in [0.4, 0.5) is 0 Å². The van der Waals surface area contributed by atoms with Gasteiger partial charge in [-0.2, -0.15) is 0 Å². The van der Waals surface area contributed by atoms with Crippen molar-refractivity contribution < 1.29 is 4.74 Å². The SMILES string of the molecule is CCCOc1ccc(/C(=C/N)NN)cc1. The second kappa shape index (κ2) is 5.93. The van der Waals surface area contributed by atoms with Crippen LogP contribution in [0.3, 0.4) is 0 Å². The first kappa shape index (κ1) is 11.4. The molecule has 0 saturated heterocycles. The summed E-state index contributed by atoms with van der Waals surface area (Å²) in [6, 6.07) is 7.60. The monoisotopic (exact) mass is 207 g/mol. The van der Waals surface area contributed by atoms with Crippen molar-refractivity contribution in [3.63, 3.8) is 0 Å². The lowest BCUT2D eigenvalue weighted by molar-refractivity contribution is 0.317. The number of hydrazine groups is 1. The normalized spacial score (nSPS) is 11.2. The lowest BCUT2D eigenvalue weighted by Gasteiger charge is -2.08. The Labute approximate surface area is 89.9 Å². The second-order valence-electron chi connectivity index (χ2n) is 3.10. The molecule has 0 atom stereocenters. The maximum Gasteiger partial charge on any atom is 0.119 e. The fraction of sp³-hybridized carbons (Fsp3) is 0.273. The largest absolute Gasteiger partial charge is 0.494 e. The number of benzene rings is 1. The highest BCUT2D eigenvalue weighted by molar-refractivity contribution is 5.63. The average Bonchev–Trinajstić information content (AvgIpc) is 2.29. The summed E-state index contributed by atoms with van der Waals surface area (Å²) in [5.74, 6) is 6.16. The number of hydrogen-bond donors (Lipinski definition) is 3. The first-order valence-electron chi connectivity index (χ1n) is 4.93. The van der Waals surface area contributed by atoms with Crippen LogP contribution in [0.5, 0.6) is 5.75 Å². The zero-order valence-electron chi connectivity index (χ0n) is 8.86. The Morgan fingerprint density at radius 3 is 2.53 bits per heavy atom. The Hall–Kier alpha value is -1.68. The lowest BCUT2D eigenvalue weighted by Crippen LogP contribution is -2.20. The first-order valence-corrected chi connectivity index (χ1v) is 4.93. The Balaban J connectivity index is 2.71. The highest BCUT2D eigenvalue weighted by Gasteiger charge is 1.99. The molecule has 0 unspecified atom stereocenters. The van der Waals surface area contributed by atoms with E-state index >= 15 is 0 Å². The van der Waals surface area contributed by atoms with E-state index in [1.165, 1.54) is 6.20 Å². The van der Waals surface area contributed by atoms with Gasteiger partial charge in [0.1, 0.15) is 5.75 Å². The van der Waals surface area contributed by atoms with Gasteiger partial charge in [0.15, 0.2) is 0 Å². The molecule has 0 fully saturated rings. The molecule has 15 heavy (non-hydrogen) atoms. The molecular formula is C11H17N3O. The van der Waals surface area contributed by atoms with Crippen LogP contribution in [-0.4, -0.2) is 6.61 Å². The van der Waals surface area contributed by atoms with Gasteiger partial charge in [-0.05, 0) is 30.7 Å². The van der Waals surface area contributed by atoms with E-state index in [-0.39, 0.29) is 0 Å². The van der Waals surface area contributed by atoms with E-state index in [2.05, 4.69) is 12.3 Å². The van der Waals surface area contributed by atoms with E-state index < -0.39 is 0 Å². The highest BCUT2D eigenvalue weighted by atomic mass is 16.5. The molecule has 1 aromatic rings. The zero-order chi connectivity index (χ0) is 11.1. The lowest BCUT2D eigenvalue weighted by atomic mass is 10.1. The van der Waals surface area contributed by atoms with Gasteiger partial charge >= 0.3 is 0 Å².